The minimum atomic E-state index is -0.281. The number of para-hydroxylation sites is 1. The molecule has 0 saturated heterocycles. The Bertz CT molecular complexity index is 904. The van der Waals surface area contributed by atoms with Crippen LogP contribution in [0, 0.1) is 5.82 Å². The molecule has 0 saturated carbocycles. The summed E-state index contributed by atoms with van der Waals surface area (Å²) in [5.74, 6) is 1.39. The standard InChI is InChI=1S/C20H20FN3O/c1-25-15-8-6-7-14(13-15)19-16-9-4-5-12-22-20(16)24(23-19)18-11-3-2-10-17(18)21/h2-3,6-8,10-11,13,22H,4-5,9,12H2,1H3. The number of hydrogen-bond acceptors (Lipinski definition) is 3. The molecule has 4 nitrogen and oxygen atoms in total. The SMILES string of the molecule is COc1cccc(-c2nn(-c3ccccc3F)c3c2CCCCN3)c1. The van der Waals surface area contributed by atoms with Crippen LogP contribution in [0.25, 0.3) is 16.9 Å². The second-order valence-corrected chi connectivity index (χ2v) is 6.15. The summed E-state index contributed by atoms with van der Waals surface area (Å²) in [5.41, 5.74) is 3.46. The molecule has 0 spiro atoms. The number of anilines is 1. The van der Waals surface area contributed by atoms with Crippen LogP contribution in [0.1, 0.15) is 18.4 Å². The molecule has 2 aromatic carbocycles. The summed E-state index contributed by atoms with van der Waals surface area (Å²) in [6.45, 7) is 0.866. The van der Waals surface area contributed by atoms with Crippen LogP contribution in [-0.2, 0) is 6.42 Å². The van der Waals surface area contributed by atoms with Gasteiger partial charge in [-0.15, -0.1) is 0 Å². The van der Waals surface area contributed by atoms with Crippen LogP contribution in [0.15, 0.2) is 48.5 Å². The van der Waals surface area contributed by atoms with E-state index in [1.807, 2.05) is 30.3 Å². The number of methoxy groups -OCH3 is 1. The summed E-state index contributed by atoms with van der Waals surface area (Å²) in [6.07, 6.45) is 3.09. The van der Waals surface area contributed by atoms with E-state index >= 15 is 0 Å². The minimum absolute atomic E-state index is 0.281. The maximum atomic E-state index is 14.4. The smallest absolute Gasteiger partial charge is 0.148 e. The Hall–Kier alpha value is -2.82. The fourth-order valence-corrected chi connectivity index (χ4v) is 3.30. The lowest BCUT2D eigenvalue weighted by Gasteiger charge is -2.09. The Balaban J connectivity index is 1.92. The highest BCUT2D eigenvalue weighted by Crippen LogP contribution is 2.35. The normalized spacial score (nSPS) is 13.7. The van der Waals surface area contributed by atoms with Crippen LogP contribution in [-0.4, -0.2) is 23.4 Å². The first kappa shape index (κ1) is 15.7. The highest BCUT2D eigenvalue weighted by Gasteiger charge is 2.23. The van der Waals surface area contributed by atoms with Crippen molar-refractivity contribution in [3.05, 3.63) is 59.9 Å². The van der Waals surface area contributed by atoms with E-state index in [1.54, 1.807) is 23.9 Å². The fourth-order valence-electron chi connectivity index (χ4n) is 3.30. The molecule has 1 N–H and O–H groups in total. The van der Waals surface area contributed by atoms with Crippen molar-refractivity contribution in [2.24, 2.45) is 0 Å². The molecule has 2 heterocycles. The molecule has 0 bridgehead atoms. The van der Waals surface area contributed by atoms with Crippen LogP contribution in [0.3, 0.4) is 0 Å². The third-order valence-electron chi connectivity index (χ3n) is 4.55. The number of nitrogens with one attached hydrogen (secondary N) is 1. The van der Waals surface area contributed by atoms with Gasteiger partial charge in [0.2, 0.25) is 0 Å². The van der Waals surface area contributed by atoms with E-state index < -0.39 is 0 Å². The van der Waals surface area contributed by atoms with E-state index in [-0.39, 0.29) is 5.82 Å². The zero-order chi connectivity index (χ0) is 17.2. The van der Waals surface area contributed by atoms with Crippen molar-refractivity contribution in [1.29, 1.82) is 0 Å². The zero-order valence-corrected chi connectivity index (χ0v) is 14.1. The summed E-state index contributed by atoms with van der Waals surface area (Å²) in [4.78, 5) is 0. The molecule has 0 fully saturated rings. The van der Waals surface area contributed by atoms with Crippen LogP contribution in [0.4, 0.5) is 10.2 Å². The van der Waals surface area contributed by atoms with Crippen molar-refractivity contribution in [3.63, 3.8) is 0 Å². The van der Waals surface area contributed by atoms with E-state index in [1.165, 1.54) is 6.07 Å². The van der Waals surface area contributed by atoms with Crippen LogP contribution < -0.4 is 10.1 Å². The second kappa shape index (κ2) is 6.59. The van der Waals surface area contributed by atoms with Crippen LogP contribution >= 0.6 is 0 Å². The molecule has 0 unspecified atom stereocenters. The average molecular weight is 337 g/mol. The Morgan fingerprint density at radius 2 is 2.00 bits per heavy atom. The molecule has 0 amide bonds. The topological polar surface area (TPSA) is 39.1 Å². The van der Waals surface area contributed by atoms with Crippen molar-refractivity contribution in [1.82, 2.24) is 9.78 Å². The van der Waals surface area contributed by atoms with Gasteiger partial charge < -0.3 is 10.1 Å². The lowest BCUT2D eigenvalue weighted by Crippen LogP contribution is -2.08. The van der Waals surface area contributed by atoms with Gasteiger partial charge in [0.1, 0.15) is 23.1 Å². The van der Waals surface area contributed by atoms with Gasteiger partial charge in [-0.05, 0) is 43.5 Å². The predicted molar refractivity (Wildman–Crippen MR) is 96.9 cm³/mol. The van der Waals surface area contributed by atoms with Gasteiger partial charge in [0.15, 0.2) is 0 Å². The van der Waals surface area contributed by atoms with Gasteiger partial charge in [-0.1, -0.05) is 24.3 Å². The van der Waals surface area contributed by atoms with E-state index in [2.05, 4.69) is 5.32 Å². The van der Waals surface area contributed by atoms with Gasteiger partial charge in [-0.2, -0.15) is 5.10 Å². The molecule has 5 heteroatoms. The van der Waals surface area contributed by atoms with Crippen molar-refractivity contribution >= 4 is 5.82 Å². The summed E-state index contributed by atoms with van der Waals surface area (Å²) in [5, 5.41) is 8.21. The van der Waals surface area contributed by atoms with Crippen molar-refractivity contribution in [2.75, 3.05) is 19.0 Å². The van der Waals surface area contributed by atoms with Crippen molar-refractivity contribution in [2.45, 2.75) is 19.3 Å². The van der Waals surface area contributed by atoms with Gasteiger partial charge in [-0.25, -0.2) is 9.07 Å². The van der Waals surface area contributed by atoms with Gasteiger partial charge in [-0.3, -0.25) is 0 Å². The second-order valence-electron chi connectivity index (χ2n) is 6.15. The molecule has 1 aromatic heterocycles. The van der Waals surface area contributed by atoms with Gasteiger partial charge >= 0.3 is 0 Å². The van der Waals surface area contributed by atoms with Crippen molar-refractivity contribution < 1.29 is 9.13 Å². The maximum absolute atomic E-state index is 14.4. The molecule has 0 aliphatic carbocycles. The Labute approximate surface area is 146 Å². The molecular weight excluding hydrogens is 317 g/mol. The number of nitrogens with zero attached hydrogens (tertiary/aromatic N) is 2. The number of halogens is 1. The number of ether oxygens (including phenoxy) is 1. The quantitative estimate of drug-likeness (QED) is 0.768. The maximum Gasteiger partial charge on any atom is 0.148 e. The molecule has 0 radical (unpaired) electrons. The molecule has 25 heavy (non-hydrogen) atoms. The largest absolute Gasteiger partial charge is 0.497 e. The van der Waals surface area contributed by atoms with Crippen LogP contribution in [0.2, 0.25) is 0 Å². The molecule has 3 aromatic rings. The molecule has 1 aliphatic heterocycles. The number of fused-ring (bicyclic) bond motifs is 1. The molecule has 128 valence electrons. The average Bonchev–Trinajstić information content (AvgIpc) is 2.83. The van der Waals surface area contributed by atoms with E-state index in [0.717, 1.165) is 54.2 Å². The lowest BCUT2D eigenvalue weighted by atomic mass is 10.0. The van der Waals surface area contributed by atoms with E-state index in [4.69, 9.17) is 9.84 Å². The van der Waals surface area contributed by atoms with Gasteiger partial charge in [0.25, 0.3) is 0 Å². The summed E-state index contributed by atoms with van der Waals surface area (Å²) in [6, 6.07) is 14.6. The summed E-state index contributed by atoms with van der Waals surface area (Å²) < 4.78 is 21.4. The summed E-state index contributed by atoms with van der Waals surface area (Å²) in [7, 11) is 1.65. The van der Waals surface area contributed by atoms with Gasteiger partial charge in [0.05, 0.1) is 12.8 Å². The lowest BCUT2D eigenvalue weighted by molar-refractivity contribution is 0.415. The van der Waals surface area contributed by atoms with Gasteiger partial charge in [0, 0.05) is 17.7 Å². The van der Waals surface area contributed by atoms with E-state index in [9.17, 15) is 4.39 Å². The molecule has 1 aliphatic rings. The number of aromatic nitrogens is 2. The first-order chi connectivity index (χ1) is 12.3. The Morgan fingerprint density at radius 3 is 2.84 bits per heavy atom. The zero-order valence-electron chi connectivity index (χ0n) is 14.1. The molecular formula is C20H20FN3O. The first-order valence-electron chi connectivity index (χ1n) is 8.53. The van der Waals surface area contributed by atoms with Crippen molar-refractivity contribution in [3.8, 4) is 22.7 Å². The Kier molecular flexibility index (Phi) is 4.14. The highest BCUT2D eigenvalue weighted by molar-refractivity contribution is 5.72. The fraction of sp³-hybridized carbons (Fsp3) is 0.250. The number of benzene rings is 2. The monoisotopic (exact) mass is 337 g/mol. The highest BCUT2D eigenvalue weighted by atomic mass is 19.1. The molecule has 0 atom stereocenters. The Morgan fingerprint density at radius 1 is 1.12 bits per heavy atom. The van der Waals surface area contributed by atoms with Crippen LogP contribution in [0.5, 0.6) is 5.75 Å². The minimum Gasteiger partial charge on any atom is -0.497 e. The predicted octanol–water partition coefficient (Wildman–Crippen LogP) is 4.44. The summed E-state index contributed by atoms with van der Waals surface area (Å²) >= 11 is 0. The molecule has 4 rings (SSSR count). The first-order valence-corrected chi connectivity index (χ1v) is 8.53. The number of rotatable bonds is 3. The number of hydrogen-bond donors (Lipinski definition) is 1. The van der Waals surface area contributed by atoms with E-state index in [0.29, 0.717) is 5.69 Å². The third-order valence-corrected chi connectivity index (χ3v) is 4.55. The third kappa shape index (κ3) is 2.86.